The van der Waals surface area contributed by atoms with Crippen LogP contribution in [0.1, 0.15) is 38.8 Å². The van der Waals surface area contributed by atoms with Crippen LogP contribution < -0.4 is 0 Å². The number of hydrogen-bond donors (Lipinski definition) is 0. The van der Waals surface area contributed by atoms with Crippen LogP contribution in [-0.2, 0) is 6.37 Å². The fourth-order valence-electron chi connectivity index (χ4n) is 0.941. The highest BCUT2D eigenvalue weighted by Crippen LogP contribution is 2.20. The highest BCUT2D eigenvalue weighted by Gasteiger charge is 2.10. The van der Waals surface area contributed by atoms with E-state index in [0.29, 0.717) is 5.56 Å². The zero-order valence-corrected chi connectivity index (χ0v) is 7.68. The van der Waals surface area contributed by atoms with Crippen molar-refractivity contribution in [3.05, 3.63) is 29.6 Å². The second-order valence-electron chi connectivity index (χ2n) is 3.84. The number of pyridine rings is 1. The van der Waals surface area contributed by atoms with Crippen LogP contribution in [0.4, 0.5) is 0 Å². The standard InChI is InChI=1S/C11H17N/c1-9-5-10(8-12-7-9)6-11(2,3)4/h5,7-8H,6H2,1-4H3/i1D3,6D2. The first-order valence-corrected chi connectivity index (χ1v) is 3.92. The smallest absolute Gasteiger partial charge is 0.0322 e. The van der Waals surface area contributed by atoms with Crippen LogP contribution >= 0.6 is 0 Å². The summed E-state index contributed by atoms with van der Waals surface area (Å²) >= 11 is 0. The van der Waals surface area contributed by atoms with Gasteiger partial charge in [0.1, 0.15) is 0 Å². The summed E-state index contributed by atoms with van der Waals surface area (Å²) in [5.41, 5.74) is -0.246. The third kappa shape index (κ3) is 3.04. The number of hydrogen-bond acceptors (Lipinski definition) is 1. The Morgan fingerprint density at radius 2 is 2.25 bits per heavy atom. The summed E-state index contributed by atoms with van der Waals surface area (Å²) < 4.78 is 38.0. The van der Waals surface area contributed by atoms with E-state index >= 15 is 0 Å². The Balaban J connectivity index is 3.26. The Kier molecular flexibility index (Phi) is 1.20. The molecule has 1 heterocycles. The van der Waals surface area contributed by atoms with Crippen molar-refractivity contribution in [2.24, 2.45) is 5.41 Å². The van der Waals surface area contributed by atoms with E-state index in [1.54, 1.807) is 20.8 Å². The lowest BCUT2D eigenvalue weighted by Crippen LogP contribution is -2.09. The van der Waals surface area contributed by atoms with Gasteiger partial charge in [-0.05, 0) is 29.8 Å². The molecule has 0 fully saturated rings. The maximum atomic E-state index is 8.06. The summed E-state index contributed by atoms with van der Waals surface area (Å²) in [6, 6.07) is 1.38. The molecule has 1 heteroatoms. The first kappa shape index (κ1) is 4.40. The van der Waals surface area contributed by atoms with Gasteiger partial charge in [-0.15, -0.1) is 0 Å². The molecule has 0 saturated carbocycles. The molecule has 0 saturated heterocycles. The number of rotatable bonds is 1. The monoisotopic (exact) mass is 168 g/mol. The van der Waals surface area contributed by atoms with Gasteiger partial charge in [-0.1, -0.05) is 26.8 Å². The summed E-state index contributed by atoms with van der Waals surface area (Å²) in [4.78, 5) is 3.83. The molecule has 1 nitrogen and oxygen atoms in total. The van der Waals surface area contributed by atoms with Gasteiger partial charge in [-0.25, -0.2) is 0 Å². The first-order chi connectivity index (χ1) is 7.46. The molecule has 1 aromatic rings. The molecule has 0 aliphatic heterocycles. The fraction of sp³-hybridized carbons (Fsp3) is 0.545. The summed E-state index contributed by atoms with van der Waals surface area (Å²) in [6.45, 7) is 3.07. The van der Waals surface area contributed by atoms with Crippen LogP contribution in [0.25, 0.3) is 0 Å². The van der Waals surface area contributed by atoms with Gasteiger partial charge in [-0.2, -0.15) is 0 Å². The average molecular weight is 168 g/mol. The second-order valence-corrected chi connectivity index (χ2v) is 3.84. The Hall–Kier alpha value is -0.850. The van der Waals surface area contributed by atoms with Crippen molar-refractivity contribution in [1.82, 2.24) is 4.98 Å². The molecule has 0 N–H and O–H groups in total. The third-order valence-corrected chi connectivity index (χ3v) is 1.26. The van der Waals surface area contributed by atoms with Crippen molar-refractivity contribution in [1.29, 1.82) is 0 Å². The molecule has 0 unspecified atom stereocenters. The second kappa shape index (κ2) is 3.26. The minimum absolute atomic E-state index is 0.0723. The minimum Gasteiger partial charge on any atom is -0.264 e. The Labute approximate surface area is 81.9 Å². The van der Waals surface area contributed by atoms with E-state index in [1.165, 1.54) is 18.5 Å². The van der Waals surface area contributed by atoms with Gasteiger partial charge in [0.05, 0.1) is 0 Å². The van der Waals surface area contributed by atoms with E-state index in [0.717, 1.165) is 0 Å². The predicted molar refractivity (Wildman–Crippen MR) is 52.1 cm³/mol. The lowest BCUT2D eigenvalue weighted by molar-refractivity contribution is 0.410. The van der Waals surface area contributed by atoms with Crippen molar-refractivity contribution in [2.75, 3.05) is 0 Å². The number of nitrogens with zero attached hydrogens (tertiary/aromatic N) is 1. The molecule has 1 aromatic heterocycles. The maximum absolute atomic E-state index is 8.06. The molecule has 0 bridgehead atoms. The van der Waals surface area contributed by atoms with Gasteiger partial charge < -0.3 is 0 Å². The topological polar surface area (TPSA) is 12.9 Å². The van der Waals surface area contributed by atoms with E-state index in [4.69, 9.17) is 6.85 Å². The lowest BCUT2D eigenvalue weighted by Gasteiger charge is -2.17. The zero-order chi connectivity index (χ0) is 13.5. The molecule has 0 aromatic carbocycles. The van der Waals surface area contributed by atoms with Crippen LogP contribution in [0.5, 0.6) is 0 Å². The molecule has 1 rings (SSSR count). The largest absolute Gasteiger partial charge is 0.264 e. The minimum atomic E-state index is -2.25. The van der Waals surface area contributed by atoms with Crippen molar-refractivity contribution in [2.45, 2.75) is 34.0 Å². The van der Waals surface area contributed by atoms with Gasteiger partial charge in [-0.3, -0.25) is 4.98 Å². The normalized spacial score (nSPS) is 20.1. The van der Waals surface area contributed by atoms with Crippen LogP contribution in [0.15, 0.2) is 18.5 Å². The molecular weight excluding hydrogens is 146 g/mol. The summed E-state index contributed by atoms with van der Waals surface area (Å²) in [5.74, 6) is 0. The van der Waals surface area contributed by atoms with Gasteiger partial charge in [0.25, 0.3) is 0 Å². The van der Waals surface area contributed by atoms with Crippen LogP contribution in [-0.4, -0.2) is 4.98 Å². The molecule has 0 atom stereocenters. The van der Waals surface area contributed by atoms with Crippen LogP contribution in [0, 0.1) is 12.3 Å². The van der Waals surface area contributed by atoms with Gasteiger partial charge in [0, 0.05) is 19.2 Å². The number of aryl methyl sites for hydroxylation is 1. The van der Waals surface area contributed by atoms with Gasteiger partial charge >= 0.3 is 0 Å². The molecular formula is C11H17N. The van der Waals surface area contributed by atoms with Crippen LogP contribution in [0.2, 0.25) is 0 Å². The molecule has 0 amide bonds. The molecule has 12 heavy (non-hydrogen) atoms. The molecule has 0 radical (unpaired) electrons. The quantitative estimate of drug-likeness (QED) is 0.628. The Morgan fingerprint density at radius 3 is 2.83 bits per heavy atom. The molecule has 66 valence electrons. The van der Waals surface area contributed by atoms with Crippen LogP contribution in [0.3, 0.4) is 0 Å². The average Bonchev–Trinajstić information content (AvgIpc) is 2.15. The first-order valence-electron chi connectivity index (χ1n) is 6.42. The number of aromatic nitrogens is 1. The van der Waals surface area contributed by atoms with Gasteiger partial charge in [0.15, 0.2) is 0 Å². The SMILES string of the molecule is [2H]C([2H])([2H])c1cncc(C([2H])([2H])C(C)(C)C)c1. The fourth-order valence-corrected chi connectivity index (χ4v) is 0.941. The third-order valence-electron chi connectivity index (χ3n) is 1.26. The van der Waals surface area contributed by atoms with Crippen molar-refractivity contribution >= 4 is 0 Å². The van der Waals surface area contributed by atoms with Crippen molar-refractivity contribution in [3.8, 4) is 0 Å². The highest BCUT2D eigenvalue weighted by molar-refractivity contribution is 5.17. The molecule has 0 spiro atoms. The Morgan fingerprint density at radius 1 is 1.50 bits per heavy atom. The Bertz CT molecular complexity index is 403. The van der Waals surface area contributed by atoms with Gasteiger partial charge in [0.2, 0.25) is 0 Å². The highest BCUT2D eigenvalue weighted by atomic mass is 14.6. The molecule has 0 aliphatic rings. The summed E-state index contributed by atoms with van der Waals surface area (Å²) in [6.07, 6.45) is 1.02. The van der Waals surface area contributed by atoms with E-state index in [2.05, 4.69) is 4.98 Å². The van der Waals surface area contributed by atoms with E-state index in [9.17, 15) is 0 Å². The lowest BCUT2D eigenvalue weighted by atomic mass is 9.88. The molecule has 0 aliphatic carbocycles. The maximum Gasteiger partial charge on any atom is 0.0322 e. The van der Waals surface area contributed by atoms with E-state index < -0.39 is 18.6 Å². The van der Waals surface area contributed by atoms with E-state index in [1.807, 2.05) is 0 Å². The van der Waals surface area contributed by atoms with E-state index in [-0.39, 0.29) is 5.56 Å². The summed E-state index contributed by atoms with van der Waals surface area (Å²) in [5, 5.41) is 0. The zero-order valence-electron chi connectivity index (χ0n) is 12.7. The predicted octanol–water partition coefficient (Wildman–Crippen LogP) is 2.98. The summed E-state index contributed by atoms with van der Waals surface area (Å²) in [7, 11) is 0. The van der Waals surface area contributed by atoms with Crippen molar-refractivity contribution < 1.29 is 6.85 Å². The van der Waals surface area contributed by atoms with Crippen molar-refractivity contribution in [3.63, 3.8) is 0 Å².